The molecule has 0 aliphatic rings. The zero-order chi connectivity index (χ0) is 12.6. The Hall–Kier alpha value is -1.95. The molecule has 0 spiro atoms. The van der Waals surface area contributed by atoms with Crippen molar-refractivity contribution in [1.29, 1.82) is 0 Å². The Labute approximate surface area is 100.0 Å². The Morgan fingerprint density at radius 3 is 2.71 bits per heavy atom. The average Bonchev–Trinajstić information content (AvgIpc) is 2.64. The first-order valence-electron chi connectivity index (χ1n) is 4.68. The zero-order valence-electron chi connectivity index (χ0n) is 8.77. The normalized spacial score (nSPS) is 10.5. The summed E-state index contributed by atoms with van der Waals surface area (Å²) in [5.41, 5.74) is 0.416. The maximum absolute atomic E-state index is 13.1. The van der Waals surface area contributed by atoms with Crippen LogP contribution < -0.4 is 0 Å². The monoisotopic (exact) mass is 253 g/mol. The third kappa shape index (κ3) is 2.12. The molecular formula is C11H8FNO3S. The number of carboxylic acid groups (broad SMARTS) is 1. The smallest absolute Gasteiger partial charge is 0.355 e. The highest BCUT2D eigenvalue weighted by Crippen LogP contribution is 2.30. The quantitative estimate of drug-likeness (QED) is 0.863. The second-order valence-electron chi connectivity index (χ2n) is 3.40. The van der Waals surface area contributed by atoms with Gasteiger partial charge in [-0.3, -0.25) is 0 Å². The van der Waals surface area contributed by atoms with E-state index in [1.807, 2.05) is 0 Å². The summed E-state index contributed by atoms with van der Waals surface area (Å²) in [6.45, 7) is 1.64. The number of benzene rings is 1. The van der Waals surface area contributed by atoms with Gasteiger partial charge in [-0.15, -0.1) is 11.3 Å². The molecule has 0 saturated carbocycles. The molecule has 1 heterocycles. The largest absolute Gasteiger partial charge is 0.505 e. The van der Waals surface area contributed by atoms with Crippen molar-refractivity contribution in [3.8, 4) is 16.3 Å². The van der Waals surface area contributed by atoms with E-state index in [1.54, 1.807) is 6.92 Å². The predicted molar refractivity (Wildman–Crippen MR) is 60.9 cm³/mol. The van der Waals surface area contributed by atoms with Gasteiger partial charge in [0.15, 0.2) is 17.3 Å². The van der Waals surface area contributed by atoms with Crippen LogP contribution in [0.3, 0.4) is 0 Å². The molecule has 4 nitrogen and oxygen atoms in total. The first kappa shape index (κ1) is 11.5. The van der Waals surface area contributed by atoms with E-state index >= 15 is 0 Å². The van der Waals surface area contributed by atoms with Crippen molar-refractivity contribution < 1.29 is 19.4 Å². The number of nitrogens with zero attached hydrogens (tertiary/aromatic N) is 1. The Morgan fingerprint density at radius 1 is 1.47 bits per heavy atom. The van der Waals surface area contributed by atoms with Crippen LogP contribution in [0.4, 0.5) is 4.39 Å². The number of aryl methyl sites for hydroxylation is 1. The predicted octanol–water partition coefficient (Wildman–Crippen LogP) is 2.66. The highest BCUT2D eigenvalue weighted by atomic mass is 32.1. The van der Waals surface area contributed by atoms with Gasteiger partial charge in [-0.25, -0.2) is 14.2 Å². The minimum Gasteiger partial charge on any atom is -0.505 e. The molecule has 2 rings (SSSR count). The third-order valence-corrected chi connectivity index (χ3v) is 3.21. The molecule has 2 aromatic rings. The van der Waals surface area contributed by atoms with Crippen LogP contribution in [0.2, 0.25) is 0 Å². The minimum absolute atomic E-state index is 0.0292. The van der Waals surface area contributed by atoms with Crippen LogP contribution >= 0.6 is 11.3 Å². The lowest BCUT2D eigenvalue weighted by molar-refractivity contribution is 0.0690. The summed E-state index contributed by atoms with van der Waals surface area (Å²) in [6, 6.07) is 3.82. The molecule has 0 radical (unpaired) electrons. The maximum Gasteiger partial charge on any atom is 0.355 e. The number of halogens is 1. The molecule has 1 aromatic carbocycles. The molecule has 6 heteroatoms. The Morgan fingerprint density at radius 2 is 2.18 bits per heavy atom. The zero-order valence-corrected chi connectivity index (χ0v) is 9.58. The van der Waals surface area contributed by atoms with Gasteiger partial charge >= 0.3 is 5.97 Å². The lowest BCUT2D eigenvalue weighted by Gasteiger charge is -1.98. The summed E-state index contributed by atoms with van der Waals surface area (Å²) in [6.07, 6.45) is 0. The number of hydrogen-bond donors (Lipinski definition) is 2. The summed E-state index contributed by atoms with van der Waals surface area (Å²) < 4.78 is 13.1. The van der Waals surface area contributed by atoms with Crippen molar-refractivity contribution in [2.45, 2.75) is 6.92 Å². The first-order chi connectivity index (χ1) is 7.99. The van der Waals surface area contributed by atoms with Crippen molar-refractivity contribution >= 4 is 17.3 Å². The summed E-state index contributed by atoms with van der Waals surface area (Å²) >= 11 is 1.17. The van der Waals surface area contributed by atoms with Gasteiger partial charge in [-0.2, -0.15) is 0 Å². The van der Waals surface area contributed by atoms with E-state index < -0.39 is 17.5 Å². The van der Waals surface area contributed by atoms with Gasteiger partial charge in [0.25, 0.3) is 0 Å². The van der Waals surface area contributed by atoms with Gasteiger partial charge in [0.2, 0.25) is 0 Å². The van der Waals surface area contributed by atoms with Crippen molar-refractivity contribution in [1.82, 2.24) is 4.98 Å². The number of aromatic carboxylic acids is 1. The average molecular weight is 253 g/mol. The molecule has 0 saturated heterocycles. The summed E-state index contributed by atoms with van der Waals surface area (Å²) in [5.74, 6) is -2.31. The lowest BCUT2D eigenvalue weighted by atomic mass is 10.2. The Bertz CT molecular complexity index is 594. The fraction of sp³-hybridized carbons (Fsp3) is 0.0909. The molecule has 88 valence electrons. The van der Waals surface area contributed by atoms with Crippen LogP contribution in [0.15, 0.2) is 18.2 Å². The topological polar surface area (TPSA) is 70.4 Å². The van der Waals surface area contributed by atoms with E-state index in [0.717, 1.165) is 6.07 Å². The first-order valence-corrected chi connectivity index (χ1v) is 5.50. The SMILES string of the molecule is Cc1sc(-c2ccc(O)c(F)c2)nc1C(=O)O. The van der Waals surface area contributed by atoms with Crippen molar-refractivity contribution in [3.63, 3.8) is 0 Å². The molecule has 17 heavy (non-hydrogen) atoms. The number of phenols is 1. The third-order valence-electron chi connectivity index (χ3n) is 2.19. The van der Waals surface area contributed by atoms with Gasteiger partial charge in [-0.1, -0.05) is 0 Å². The Balaban J connectivity index is 2.50. The molecule has 0 aliphatic carbocycles. The molecule has 0 aliphatic heterocycles. The van der Waals surface area contributed by atoms with Crippen LogP contribution in [0.1, 0.15) is 15.4 Å². The van der Waals surface area contributed by atoms with Crippen molar-refractivity contribution in [2.24, 2.45) is 0 Å². The number of carboxylic acids is 1. The fourth-order valence-corrected chi connectivity index (χ4v) is 2.26. The van der Waals surface area contributed by atoms with E-state index in [0.29, 0.717) is 15.4 Å². The molecule has 0 unspecified atom stereocenters. The van der Waals surface area contributed by atoms with E-state index in [-0.39, 0.29) is 5.69 Å². The van der Waals surface area contributed by atoms with Crippen molar-refractivity contribution in [3.05, 3.63) is 34.6 Å². The standard InChI is InChI=1S/C11H8FNO3S/c1-5-9(11(15)16)13-10(17-5)6-2-3-8(14)7(12)4-6/h2-4,14H,1H3,(H,15,16). The lowest BCUT2D eigenvalue weighted by Crippen LogP contribution is -1.98. The highest BCUT2D eigenvalue weighted by molar-refractivity contribution is 7.15. The molecule has 0 atom stereocenters. The Kier molecular flexibility index (Phi) is 2.81. The second kappa shape index (κ2) is 4.14. The number of aromatic nitrogens is 1. The number of carbonyl (C=O) groups is 1. The maximum atomic E-state index is 13.1. The summed E-state index contributed by atoms with van der Waals surface area (Å²) in [7, 11) is 0. The van der Waals surface area contributed by atoms with Crippen LogP contribution in [0.25, 0.3) is 10.6 Å². The van der Waals surface area contributed by atoms with Gasteiger partial charge < -0.3 is 10.2 Å². The number of hydrogen-bond acceptors (Lipinski definition) is 4. The van der Waals surface area contributed by atoms with E-state index in [4.69, 9.17) is 10.2 Å². The molecule has 0 fully saturated rings. The van der Waals surface area contributed by atoms with Crippen LogP contribution in [-0.4, -0.2) is 21.2 Å². The van der Waals surface area contributed by atoms with E-state index in [2.05, 4.69) is 4.98 Å². The van der Waals surface area contributed by atoms with Gasteiger partial charge in [0.05, 0.1) is 0 Å². The summed E-state index contributed by atoms with van der Waals surface area (Å²) in [4.78, 5) is 15.3. The van der Waals surface area contributed by atoms with Crippen LogP contribution in [0.5, 0.6) is 5.75 Å². The molecule has 0 bridgehead atoms. The molecule has 2 N–H and O–H groups in total. The van der Waals surface area contributed by atoms with Gasteiger partial charge in [0.1, 0.15) is 5.01 Å². The highest BCUT2D eigenvalue weighted by Gasteiger charge is 2.15. The van der Waals surface area contributed by atoms with E-state index in [9.17, 15) is 9.18 Å². The molecule has 1 aromatic heterocycles. The number of thiazole rings is 1. The van der Waals surface area contributed by atoms with Gasteiger partial charge in [-0.05, 0) is 25.1 Å². The number of aromatic hydroxyl groups is 1. The van der Waals surface area contributed by atoms with Crippen LogP contribution in [-0.2, 0) is 0 Å². The van der Waals surface area contributed by atoms with Gasteiger partial charge in [0, 0.05) is 10.4 Å². The minimum atomic E-state index is -1.11. The molecule has 0 amide bonds. The fourth-order valence-electron chi connectivity index (χ4n) is 1.36. The number of rotatable bonds is 2. The van der Waals surface area contributed by atoms with Crippen molar-refractivity contribution in [2.75, 3.05) is 0 Å². The summed E-state index contributed by atoms with van der Waals surface area (Å²) in [5, 5.41) is 18.3. The number of phenolic OH excluding ortho intramolecular Hbond substituents is 1. The molecular weight excluding hydrogens is 245 g/mol. The van der Waals surface area contributed by atoms with Crippen LogP contribution in [0, 0.1) is 12.7 Å². The second-order valence-corrected chi connectivity index (χ2v) is 4.60. The van der Waals surface area contributed by atoms with E-state index in [1.165, 1.54) is 23.5 Å².